The molecule has 2 N–H and O–H groups in total. The summed E-state index contributed by atoms with van der Waals surface area (Å²) >= 11 is 0. The molecule has 1 aromatic heterocycles. The minimum atomic E-state index is 0.553. The third-order valence-corrected chi connectivity index (χ3v) is 4.12. The number of hydrogen-bond acceptors (Lipinski definition) is 2. The van der Waals surface area contributed by atoms with E-state index in [0.29, 0.717) is 11.8 Å². The molecule has 0 radical (unpaired) electrons. The SMILES string of the molecule is Cn1c(C2CCCC2CN)nc2ccccc21. The molecule has 2 aromatic rings. The van der Waals surface area contributed by atoms with E-state index in [9.17, 15) is 0 Å². The van der Waals surface area contributed by atoms with Crippen LogP contribution in [0.25, 0.3) is 11.0 Å². The first kappa shape index (κ1) is 10.8. The fourth-order valence-corrected chi connectivity index (χ4v) is 3.15. The molecule has 0 spiro atoms. The summed E-state index contributed by atoms with van der Waals surface area (Å²) in [7, 11) is 2.12. The predicted octanol–water partition coefficient (Wildman–Crippen LogP) is 2.42. The van der Waals surface area contributed by atoms with Gasteiger partial charge in [-0.05, 0) is 37.4 Å². The van der Waals surface area contributed by atoms with Gasteiger partial charge in [0.15, 0.2) is 0 Å². The van der Waals surface area contributed by atoms with Gasteiger partial charge in [-0.2, -0.15) is 0 Å². The Hall–Kier alpha value is -1.35. The highest BCUT2D eigenvalue weighted by molar-refractivity contribution is 5.75. The second kappa shape index (κ2) is 4.15. The third kappa shape index (κ3) is 1.65. The second-order valence-corrected chi connectivity index (χ2v) is 5.05. The molecule has 0 amide bonds. The molecule has 1 aromatic carbocycles. The van der Waals surface area contributed by atoms with Crippen LogP contribution in [0.5, 0.6) is 0 Å². The van der Waals surface area contributed by atoms with Gasteiger partial charge in [-0.15, -0.1) is 0 Å². The maximum atomic E-state index is 5.87. The standard InChI is InChI=1S/C14H19N3/c1-17-13-8-3-2-7-12(13)16-14(17)11-6-4-5-10(11)9-15/h2-3,7-8,10-11H,4-6,9,15H2,1H3. The maximum Gasteiger partial charge on any atom is 0.113 e. The number of hydrogen-bond donors (Lipinski definition) is 1. The van der Waals surface area contributed by atoms with Crippen molar-refractivity contribution >= 4 is 11.0 Å². The first-order valence-electron chi connectivity index (χ1n) is 6.42. The first-order valence-corrected chi connectivity index (χ1v) is 6.42. The number of imidazole rings is 1. The van der Waals surface area contributed by atoms with E-state index in [1.165, 1.54) is 30.6 Å². The van der Waals surface area contributed by atoms with E-state index in [4.69, 9.17) is 10.7 Å². The van der Waals surface area contributed by atoms with Gasteiger partial charge < -0.3 is 10.3 Å². The monoisotopic (exact) mass is 229 g/mol. The van der Waals surface area contributed by atoms with E-state index in [0.717, 1.165) is 12.1 Å². The lowest BCUT2D eigenvalue weighted by Gasteiger charge is -2.17. The number of aromatic nitrogens is 2. The number of nitrogens with two attached hydrogens (primary N) is 1. The van der Waals surface area contributed by atoms with Gasteiger partial charge in [0.05, 0.1) is 11.0 Å². The Morgan fingerprint density at radius 3 is 2.94 bits per heavy atom. The Labute approximate surface area is 102 Å². The molecule has 0 saturated heterocycles. The summed E-state index contributed by atoms with van der Waals surface area (Å²) < 4.78 is 2.24. The lowest BCUT2D eigenvalue weighted by molar-refractivity contribution is 0.469. The zero-order valence-corrected chi connectivity index (χ0v) is 10.3. The molecule has 1 aliphatic carbocycles. The molecule has 17 heavy (non-hydrogen) atoms. The van der Waals surface area contributed by atoms with Crippen molar-refractivity contribution in [3.05, 3.63) is 30.1 Å². The van der Waals surface area contributed by atoms with Crippen LogP contribution < -0.4 is 5.73 Å². The average Bonchev–Trinajstić information content (AvgIpc) is 2.94. The zero-order valence-electron chi connectivity index (χ0n) is 10.3. The molecular weight excluding hydrogens is 210 g/mol. The summed E-state index contributed by atoms with van der Waals surface area (Å²) in [5, 5.41) is 0. The second-order valence-electron chi connectivity index (χ2n) is 5.05. The third-order valence-electron chi connectivity index (χ3n) is 4.12. The van der Waals surface area contributed by atoms with Gasteiger partial charge in [-0.1, -0.05) is 18.6 Å². The Morgan fingerprint density at radius 2 is 2.18 bits per heavy atom. The fraction of sp³-hybridized carbons (Fsp3) is 0.500. The van der Waals surface area contributed by atoms with Crippen molar-refractivity contribution in [1.82, 2.24) is 9.55 Å². The lowest BCUT2D eigenvalue weighted by Crippen LogP contribution is -2.19. The van der Waals surface area contributed by atoms with Crippen LogP contribution in [0.15, 0.2) is 24.3 Å². The summed E-state index contributed by atoms with van der Waals surface area (Å²) in [5.41, 5.74) is 8.20. The van der Waals surface area contributed by atoms with Crippen LogP contribution in [-0.4, -0.2) is 16.1 Å². The Balaban J connectivity index is 2.08. The fourth-order valence-electron chi connectivity index (χ4n) is 3.15. The molecule has 90 valence electrons. The van der Waals surface area contributed by atoms with Gasteiger partial charge in [-0.3, -0.25) is 0 Å². The van der Waals surface area contributed by atoms with Crippen molar-refractivity contribution in [2.24, 2.45) is 18.7 Å². The van der Waals surface area contributed by atoms with Gasteiger partial charge in [0.1, 0.15) is 5.82 Å². The molecule has 0 bridgehead atoms. The van der Waals surface area contributed by atoms with Crippen LogP contribution in [0, 0.1) is 5.92 Å². The normalized spacial score (nSPS) is 24.6. The van der Waals surface area contributed by atoms with Crippen LogP contribution in [0.1, 0.15) is 31.0 Å². The highest BCUT2D eigenvalue weighted by Gasteiger charge is 2.30. The number of para-hydroxylation sites is 2. The van der Waals surface area contributed by atoms with Gasteiger partial charge >= 0.3 is 0 Å². The van der Waals surface area contributed by atoms with E-state index in [1.54, 1.807) is 0 Å². The van der Waals surface area contributed by atoms with Gasteiger partial charge in [-0.25, -0.2) is 4.98 Å². The number of benzene rings is 1. The molecule has 0 aliphatic heterocycles. The van der Waals surface area contributed by atoms with Crippen molar-refractivity contribution in [3.63, 3.8) is 0 Å². The van der Waals surface area contributed by atoms with Gasteiger partial charge in [0.2, 0.25) is 0 Å². The summed E-state index contributed by atoms with van der Waals surface area (Å²) in [4.78, 5) is 4.80. The molecule has 2 atom stereocenters. The zero-order chi connectivity index (χ0) is 11.8. The lowest BCUT2D eigenvalue weighted by atomic mass is 9.95. The molecular formula is C14H19N3. The van der Waals surface area contributed by atoms with Crippen LogP contribution in [0.4, 0.5) is 0 Å². The van der Waals surface area contributed by atoms with Gasteiger partial charge in [0.25, 0.3) is 0 Å². The number of aryl methyl sites for hydroxylation is 1. The number of fused-ring (bicyclic) bond motifs is 1. The van der Waals surface area contributed by atoms with E-state index in [-0.39, 0.29) is 0 Å². The maximum absolute atomic E-state index is 5.87. The molecule has 1 heterocycles. The van der Waals surface area contributed by atoms with Crippen LogP contribution in [0.3, 0.4) is 0 Å². The predicted molar refractivity (Wildman–Crippen MR) is 69.9 cm³/mol. The number of rotatable bonds is 2. The van der Waals surface area contributed by atoms with Crippen LogP contribution in [0.2, 0.25) is 0 Å². The minimum Gasteiger partial charge on any atom is -0.331 e. The minimum absolute atomic E-state index is 0.553. The number of nitrogens with zero attached hydrogens (tertiary/aromatic N) is 2. The molecule has 1 aliphatic rings. The van der Waals surface area contributed by atoms with Crippen molar-refractivity contribution in [1.29, 1.82) is 0 Å². The van der Waals surface area contributed by atoms with Crippen molar-refractivity contribution in [3.8, 4) is 0 Å². The highest BCUT2D eigenvalue weighted by Crippen LogP contribution is 2.39. The first-order chi connectivity index (χ1) is 8.31. The quantitative estimate of drug-likeness (QED) is 0.859. The summed E-state index contributed by atoms with van der Waals surface area (Å²) in [5.74, 6) is 2.39. The summed E-state index contributed by atoms with van der Waals surface area (Å²) in [6.07, 6.45) is 3.78. The molecule has 3 heteroatoms. The molecule has 3 rings (SSSR count). The smallest absolute Gasteiger partial charge is 0.113 e. The topological polar surface area (TPSA) is 43.8 Å². The molecule has 2 unspecified atom stereocenters. The molecule has 1 saturated carbocycles. The Kier molecular flexibility index (Phi) is 2.63. The highest BCUT2D eigenvalue weighted by atomic mass is 15.1. The summed E-state index contributed by atoms with van der Waals surface area (Å²) in [6, 6.07) is 8.35. The van der Waals surface area contributed by atoms with E-state index in [2.05, 4.69) is 29.8 Å². The Morgan fingerprint density at radius 1 is 1.35 bits per heavy atom. The van der Waals surface area contributed by atoms with Crippen LogP contribution in [-0.2, 0) is 7.05 Å². The average molecular weight is 229 g/mol. The van der Waals surface area contributed by atoms with Crippen molar-refractivity contribution in [2.75, 3.05) is 6.54 Å². The molecule has 3 nitrogen and oxygen atoms in total. The largest absolute Gasteiger partial charge is 0.331 e. The summed E-state index contributed by atoms with van der Waals surface area (Å²) in [6.45, 7) is 0.786. The van der Waals surface area contributed by atoms with E-state index < -0.39 is 0 Å². The van der Waals surface area contributed by atoms with Crippen LogP contribution >= 0.6 is 0 Å². The Bertz CT molecular complexity index is 529. The van der Waals surface area contributed by atoms with Gasteiger partial charge in [0, 0.05) is 13.0 Å². The van der Waals surface area contributed by atoms with E-state index in [1.807, 2.05) is 6.07 Å². The van der Waals surface area contributed by atoms with Crippen molar-refractivity contribution in [2.45, 2.75) is 25.2 Å². The molecule has 1 fully saturated rings. The van der Waals surface area contributed by atoms with Crippen molar-refractivity contribution < 1.29 is 0 Å². The van der Waals surface area contributed by atoms with E-state index >= 15 is 0 Å².